The maximum atomic E-state index is 6.38. The van der Waals surface area contributed by atoms with E-state index in [1.807, 2.05) is 18.2 Å². The van der Waals surface area contributed by atoms with Gasteiger partial charge in [-0.3, -0.25) is 0 Å². The largest absolute Gasteiger partial charge is 0.309 e. The lowest BCUT2D eigenvalue weighted by molar-refractivity contribution is 0.461. The standard InChI is InChI=1S/C20H20ClN3/c21-20-16(12-15-8-4-5-9-17(15)24-20)13-23-18-10-11-22-19(18)14-6-2-1-3-7-14/h1-9,12,18-19,22-23H,10-11,13H2/t18-,19-/m0/s1. The normalized spacial score (nSPS) is 20.5. The summed E-state index contributed by atoms with van der Waals surface area (Å²) < 4.78 is 0. The van der Waals surface area contributed by atoms with Gasteiger partial charge in [-0.2, -0.15) is 0 Å². The van der Waals surface area contributed by atoms with Crippen molar-refractivity contribution in [1.29, 1.82) is 0 Å². The Bertz CT molecular complexity index is 835. The van der Waals surface area contributed by atoms with Crippen LogP contribution in [0.1, 0.15) is 23.6 Å². The van der Waals surface area contributed by atoms with Crippen molar-refractivity contribution in [1.82, 2.24) is 15.6 Å². The fourth-order valence-corrected chi connectivity index (χ4v) is 3.65. The fourth-order valence-electron chi connectivity index (χ4n) is 3.43. The Hall–Kier alpha value is -1.94. The van der Waals surface area contributed by atoms with Gasteiger partial charge in [-0.25, -0.2) is 4.98 Å². The second kappa shape index (κ2) is 6.89. The second-order valence-corrected chi connectivity index (χ2v) is 6.61. The number of aromatic nitrogens is 1. The minimum atomic E-state index is 0.346. The molecule has 122 valence electrons. The van der Waals surface area contributed by atoms with E-state index in [1.54, 1.807) is 0 Å². The molecule has 1 saturated heterocycles. The van der Waals surface area contributed by atoms with Gasteiger partial charge in [0.05, 0.1) is 5.52 Å². The zero-order chi connectivity index (χ0) is 16.4. The first-order valence-electron chi connectivity index (χ1n) is 8.37. The maximum absolute atomic E-state index is 6.38. The Labute approximate surface area is 147 Å². The number of benzene rings is 2. The minimum Gasteiger partial charge on any atom is -0.309 e. The highest BCUT2D eigenvalue weighted by Crippen LogP contribution is 2.25. The van der Waals surface area contributed by atoms with Crippen molar-refractivity contribution in [3.05, 3.63) is 76.9 Å². The summed E-state index contributed by atoms with van der Waals surface area (Å²) in [5, 5.41) is 8.97. The van der Waals surface area contributed by atoms with Gasteiger partial charge < -0.3 is 10.6 Å². The Kier molecular flexibility index (Phi) is 4.48. The van der Waals surface area contributed by atoms with Crippen LogP contribution in [0, 0.1) is 0 Å². The first kappa shape index (κ1) is 15.6. The number of hydrogen-bond acceptors (Lipinski definition) is 3. The van der Waals surface area contributed by atoms with Crippen molar-refractivity contribution >= 4 is 22.5 Å². The predicted molar refractivity (Wildman–Crippen MR) is 99.2 cm³/mol. The van der Waals surface area contributed by atoms with Gasteiger partial charge in [0.1, 0.15) is 5.15 Å². The molecule has 0 saturated carbocycles. The molecule has 4 rings (SSSR count). The molecule has 2 aromatic carbocycles. The highest BCUT2D eigenvalue weighted by molar-refractivity contribution is 6.30. The van der Waals surface area contributed by atoms with Crippen molar-refractivity contribution < 1.29 is 0 Å². The van der Waals surface area contributed by atoms with Crippen molar-refractivity contribution in [2.75, 3.05) is 6.54 Å². The lowest BCUT2D eigenvalue weighted by atomic mass is 10.0. The molecule has 24 heavy (non-hydrogen) atoms. The molecule has 0 radical (unpaired) electrons. The van der Waals surface area contributed by atoms with Gasteiger partial charge in [-0.15, -0.1) is 0 Å². The molecule has 0 spiro atoms. The zero-order valence-corrected chi connectivity index (χ0v) is 14.1. The first-order valence-corrected chi connectivity index (χ1v) is 8.75. The third-order valence-electron chi connectivity index (χ3n) is 4.69. The molecule has 2 atom stereocenters. The van der Waals surface area contributed by atoms with Crippen molar-refractivity contribution in [3.63, 3.8) is 0 Å². The highest BCUT2D eigenvalue weighted by Gasteiger charge is 2.27. The lowest BCUT2D eigenvalue weighted by Gasteiger charge is -2.21. The fraction of sp³-hybridized carbons (Fsp3) is 0.250. The Morgan fingerprint density at radius 2 is 1.88 bits per heavy atom. The topological polar surface area (TPSA) is 37.0 Å². The molecular formula is C20H20ClN3. The molecule has 3 nitrogen and oxygen atoms in total. The van der Waals surface area contributed by atoms with Gasteiger partial charge in [0.25, 0.3) is 0 Å². The zero-order valence-electron chi connectivity index (χ0n) is 13.4. The lowest BCUT2D eigenvalue weighted by Crippen LogP contribution is -2.34. The Morgan fingerprint density at radius 3 is 2.75 bits per heavy atom. The van der Waals surface area contributed by atoms with E-state index in [0.717, 1.165) is 36.0 Å². The summed E-state index contributed by atoms with van der Waals surface area (Å²) in [6.07, 6.45) is 1.11. The smallest absolute Gasteiger partial charge is 0.134 e. The quantitative estimate of drug-likeness (QED) is 0.704. The van der Waals surface area contributed by atoms with Gasteiger partial charge in [-0.05, 0) is 30.7 Å². The number of fused-ring (bicyclic) bond motifs is 1. The molecule has 3 aromatic rings. The average Bonchev–Trinajstić information content (AvgIpc) is 3.09. The molecule has 2 N–H and O–H groups in total. The molecular weight excluding hydrogens is 318 g/mol. The molecule has 2 heterocycles. The molecule has 0 amide bonds. The number of pyridine rings is 1. The first-order chi connectivity index (χ1) is 11.8. The maximum Gasteiger partial charge on any atom is 0.134 e. The Balaban J connectivity index is 1.51. The van der Waals surface area contributed by atoms with E-state index in [4.69, 9.17) is 11.6 Å². The number of para-hydroxylation sites is 1. The van der Waals surface area contributed by atoms with Crippen molar-refractivity contribution in [3.8, 4) is 0 Å². The molecule has 0 aliphatic carbocycles. The second-order valence-electron chi connectivity index (χ2n) is 6.25. The van der Waals surface area contributed by atoms with Crippen LogP contribution in [0.5, 0.6) is 0 Å². The van der Waals surface area contributed by atoms with Gasteiger partial charge in [0.2, 0.25) is 0 Å². The summed E-state index contributed by atoms with van der Waals surface area (Å²) in [6.45, 7) is 1.76. The predicted octanol–water partition coefficient (Wildman–Crippen LogP) is 4.08. The summed E-state index contributed by atoms with van der Waals surface area (Å²) in [5.74, 6) is 0. The number of nitrogens with zero attached hydrogens (tertiary/aromatic N) is 1. The van der Waals surface area contributed by atoms with Gasteiger partial charge in [0.15, 0.2) is 0 Å². The van der Waals surface area contributed by atoms with Crippen LogP contribution in [-0.2, 0) is 6.54 Å². The third-order valence-corrected chi connectivity index (χ3v) is 5.01. The number of nitrogens with one attached hydrogen (secondary N) is 2. The van der Waals surface area contributed by atoms with E-state index < -0.39 is 0 Å². The van der Waals surface area contributed by atoms with Gasteiger partial charge >= 0.3 is 0 Å². The molecule has 4 heteroatoms. The molecule has 0 bridgehead atoms. The van der Waals surface area contributed by atoms with Crippen LogP contribution in [-0.4, -0.2) is 17.6 Å². The van der Waals surface area contributed by atoms with Crippen LogP contribution >= 0.6 is 11.6 Å². The van der Waals surface area contributed by atoms with Crippen LogP contribution in [0.15, 0.2) is 60.7 Å². The summed E-state index contributed by atoms with van der Waals surface area (Å²) in [7, 11) is 0. The summed E-state index contributed by atoms with van der Waals surface area (Å²) in [4.78, 5) is 4.51. The molecule has 1 aromatic heterocycles. The van der Waals surface area contributed by atoms with E-state index in [-0.39, 0.29) is 0 Å². The van der Waals surface area contributed by atoms with Crippen LogP contribution in [0.25, 0.3) is 10.9 Å². The van der Waals surface area contributed by atoms with Crippen LogP contribution in [0.4, 0.5) is 0 Å². The number of rotatable bonds is 4. The Morgan fingerprint density at radius 1 is 1.08 bits per heavy atom. The van der Waals surface area contributed by atoms with Crippen LogP contribution < -0.4 is 10.6 Å². The van der Waals surface area contributed by atoms with Crippen molar-refractivity contribution in [2.45, 2.75) is 25.0 Å². The molecule has 1 fully saturated rings. The third kappa shape index (κ3) is 3.16. The summed E-state index contributed by atoms with van der Waals surface area (Å²) in [6, 6.07) is 21.6. The highest BCUT2D eigenvalue weighted by atomic mass is 35.5. The van der Waals surface area contributed by atoms with Gasteiger partial charge in [-0.1, -0.05) is 60.1 Å². The summed E-state index contributed by atoms with van der Waals surface area (Å²) in [5.41, 5.74) is 3.32. The minimum absolute atomic E-state index is 0.346. The molecule has 0 unspecified atom stereocenters. The van der Waals surface area contributed by atoms with E-state index >= 15 is 0 Å². The summed E-state index contributed by atoms with van der Waals surface area (Å²) >= 11 is 6.38. The monoisotopic (exact) mass is 337 g/mol. The van der Waals surface area contributed by atoms with Crippen molar-refractivity contribution in [2.24, 2.45) is 0 Å². The van der Waals surface area contributed by atoms with Gasteiger partial charge in [0, 0.05) is 29.6 Å². The van der Waals surface area contributed by atoms with Crippen LogP contribution in [0.3, 0.4) is 0 Å². The van der Waals surface area contributed by atoms with E-state index in [2.05, 4.69) is 58.1 Å². The number of hydrogen-bond donors (Lipinski definition) is 2. The molecule has 1 aliphatic heterocycles. The van der Waals surface area contributed by atoms with E-state index in [0.29, 0.717) is 17.2 Å². The van der Waals surface area contributed by atoms with E-state index in [1.165, 1.54) is 5.56 Å². The number of halogens is 1. The van der Waals surface area contributed by atoms with Crippen LogP contribution in [0.2, 0.25) is 5.15 Å². The SMILES string of the molecule is Clc1nc2ccccc2cc1CN[C@H]1CCN[C@H]1c1ccccc1. The molecule has 1 aliphatic rings. The van der Waals surface area contributed by atoms with E-state index in [9.17, 15) is 0 Å². The average molecular weight is 338 g/mol.